The SMILES string of the molecule is C[C@]12C=CC(=O)C=C1CC[C@@H]1C2[C@@H](O)C[C@@]2(C)C1C[C@H]1O[C@H](c3cccc(C#Cc4cccc(N)c4)c3F)O[C@]12C(=O)CO. The van der Waals surface area contributed by atoms with Crippen molar-refractivity contribution in [2.75, 3.05) is 12.3 Å². The predicted octanol–water partition coefficient (Wildman–Crippen LogP) is 4.41. The number of ether oxygens (including phenoxy) is 2. The third-order valence-electron chi connectivity index (χ3n) is 11.3. The van der Waals surface area contributed by atoms with Crippen LogP contribution in [-0.4, -0.2) is 46.2 Å². The van der Waals surface area contributed by atoms with Crippen molar-refractivity contribution in [2.45, 2.75) is 63.6 Å². The third kappa shape index (κ3) is 4.03. The molecule has 4 N–H and O–H groups in total. The van der Waals surface area contributed by atoms with Crippen molar-refractivity contribution in [3.05, 3.63) is 88.8 Å². The first kappa shape index (κ1) is 29.1. The number of rotatable bonds is 3. The summed E-state index contributed by atoms with van der Waals surface area (Å²) in [6.07, 6.45) is 4.71. The van der Waals surface area contributed by atoms with Gasteiger partial charge in [-0.2, -0.15) is 0 Å². The lowest BCUT2D eigenvalue weighted by Gasteiger charge is -2.59. The number of carbonyl (C=O) groups is 2. The zero-order valence-electron chi connectivity index (χ0n) is 24.8. The number of nitrogen functional groups attached to an aromatic ring is 1. The predicted molar refractivity (Wildman–Crippen MR) is 160 cm³/mol. The fraction of sp³-hybridized carbons (Fsp3) is 0.444. The summed E-state index contributed by atoms with van der Waals surface area (Å²) >= 11 is 0. The molecule has 0 amide bonds. The highest BCUT2D eigenvalue weighted by molar-refractivity contribution is 6.01. The Morgan fingerprint density at radius 2 is 1.98 bits per heavy atom. The molecule has 9 atom stereocenters. The summed E-state index contributed by atoms with van der Waals surface area (Å²) < 4.78 is 28.9. The second kappa shape index (κ2) is 10.2. The molecule has 7 nitrogen and oxygen atoms in total. The van der Waals surface area contributed by atoms with Crippen LogP contribution in [0.1, 0.15) is 62.5 Å². The zero-order chi connectivity index (χ0) is 31.0. The van der Waals surface area contributed by atoms with Gasteiger partial charge >= 0.3 is 0 Å². The highest BCUT2D eigenvalue weighted by Gasteiger charge is 2.76. The molecule has 228 valence electrons. The molecule has 7 rings (SSSR count). The number of fused-ring (bicyclic) bond motifs is 7. The number of carbonyl (C=O) groups excluding carboxylic acids is 2. The number of anilines is 1. The number of aliphatic hydroxyl groups is 2. The van der Waals surface area contributed by atoms with E-state index < -0.39 is 53.1 Å². The molecule has 2 unspecified atom stereocenters. The van der Waals surface area contributed by atoms with Gasteiger partial charge in [-0.1, -0.05) is 55.5 Å². The van der Waals surface area contributed by atoms with Gasteiger partial charge in [-0.15, -0.1) is 0 Å². The Bertz CT molecular complexity index is 1690. The molecule has 4 aliphatic carbocycles. The van der Waals surface area contributed by atoms with E-state index in [1.807, 2.05) is 13.0 Å². The minimum atomic E-state index is -1.56. The molecule has 1 saturated heterocycles. The van der Waals surface area contributed by atoms with Gasteiger partial charge in [0.05, 0.1) is 17.8 Å². The molecule has 4 fully saturated rings. The van der Waals surface area contributed by atoms with Crippen LogP contribution >= 0.6 is 0 Å². The average molecular weight is 598 g/mol. The quantitative estimate of drug-likeness (QED) is 0.354. The van der Waals surface area contributed by atoms with Crippen LogP contribution in [0.15, 0.2) is 66.3 Å². The van der Waals surface area contributed by atoms with Crippen LogP contribution < -0.4 is 5.73 Å². The van der Waals surface area contributed by atoms with Gasteiger partial charge in [0.2, 0.25) is 0 Å². The van der Waals surface area contributed by atoms with Gasteiger partial charge in [-0.05, 0) is 73.9 Å². The zero-order valence-corrected chi connectivity index (χ0v) is 24.8. The van der Waals surface area contributed by atoms with Gasteiger partial charge < -0.3 is 25.4 Å². The highest BCUT2D eigenvalue weighted by Crippen LogP contribution is 2.70. The number of allylic oxidation sites excluding steroid dienone is 4. The molecule has 0 radical (unpaired) electrons. The summed E-state index contributed by atoms with van der Waals surface area (Å²) in [5.41, 5.74) is 5.45. The fourth-order valence-corrected chi connectivity index (χ4v) is 9.41. The van der Waals surface area contributed by atoms with Gasteiger partial charge in [0.1, 0.15) is 12.4 Å². The maximum absolute atomic E-state index is 15.9. The number of benzene rings is 2. The van der Waals surface area contributed by atoms with Gasteiger partial charge in [-0.25, -0.2) is 4.39 Å². The smallest absolute Gasteiger partial charge is 0.193 e. The molecule has 3 saturated carbocycles. The maximum Gasteiger partial charge on any atom is 0.193 e. The van der Waals surface area contributed by atoms with Gasteiger partial charge in [-0.3, -0.25) is 9.59 Å². The van der Waals surface area contributed by atoms with E-state index in [1.54, 1.807) is 54.6 Å². The van der Waals surface area contributed by atoms with Gasteiger partial charge in [0.15, 0.2) is 23.5 Å². The molecule has 2 aromatic carbocycles. The van der Waals surface area contributed by atoms with E-state index in [0.29, 0.717) is 17.7 Å². The second-order valence-electron chi connectivity index (χ2n) is 13.4. The molecule has 0 aromatic heterocycles. The lowest BCUT2D eigenvalue weighted by molar-refractivity contribution is -0.201. The van der Waals surface area contributed by atoms with Crippen molar-refractivity contribution >= 4 is 17.3 Å². The number of hydrogen-bond donors (Lipinski definition) is 3. The molecule has 1 heterocycles. The first-order valence-corrected chi connectivity index (χ1v) is 15.3. The summed E-state index contributed by atoms with van der Waals surface area (Å²) in [4.78, 5) is 25.9. The molecular weight excluding hydrogens is 561 g/mol. The standard InChI is InChI=1S/C36H36FNO6/c1-34-14-13-24(40)16-22(34)11-12-25-27-17-30-36(29(42)19-39,35(27,2)18-28(41)31(25)34)44-33(43-30)26-8-4-6-21(32(26)37)10-9-20-5-3-7-23(38)15-20/h3-8,13-16,25,27-28,30-31,33,39,41H,11-12,17-19,38H2,1-2H3/t25-,27?,28-,30+,31?,33-,34-,35-,36+/m0/s1. The minimum Gasteiger partial charge on any atom is -0.399 e. The molecule has 8 heteroatoms. The van der Waals surface area contributed by atoms with Crippen LogP contribution in [0.2, 0.25) is 0 Å². The van der Waals surface area contributed by atoms with Crippen molar-refractivity contribution in [1.82, 2.24) is 0 Å². The van der Waals surface area contributed by atoms with E-state index in [0.717, 1.165) is 18.4 Å². The van der Waals surface area contributed by atoms with E-state index in [1.165, 1.54) is 0 Å². The largest absolute Gasteiger partial charge is 0.399 e. The Kier molecular flexibility index (Phi) is 6.76. The molecule has 0 spiro atoms. The lowest BCUT2D eigenvalue weighted by atomic mass is 9.46. The first-order valence-electron chi connectivity index (χ1n) is 15.3. The van der Waals surface area contributed by atoms with Crippen molar-refractivity contribution in [3.8, 4) is 11.8 Å². The normalized spacial score (nSPS) is 38.5. The highest BCUT2D eigenvalue weighted by atomic mass is 19.1. The van der Waals surface area contributed by atoms with E-state index >= 15 is 4.39 Å². The first-order chi connectivity index (χ1) is 21.0. The third-order valence-corrected chi connectivity index (χ3v) is 11.3. The van der Waals surface area contributed by atoms with E-state index in [-0.39, 0.29) is 41.1 Å². The van der Waals surface area contributed by atoms with Crippen LogP contribution in [0.4, 0.5) is 10.1 Å². The maximum atomic E-state index is 15.9. The summed E-state index contributed by atoms with van der Waals surface area (Å²) in [6.45, 7) is 3.28. The Morgan fingerprint density at radius 1 is 1.18 bits per heavy atom. The summed E-state index contributed by atoms with van der Waals surface area (Å²) in [6, 6.07) is 11.8. The Hall–Kier alpha value is -3.61. The van der Waals surface area contributed by atoms with Gasteiger partial charge in [0.25, 0.3) is 0 Å². The summed E-state index contributed by atoms with van der Waals surface area (Å²) in [5, 5.41) is 22.0. The number of Topliss-reactive ketones (excluding diaryl/α,β-unsaturated/α-hetero) is 1. The number of aliphatic hydroxyl groups excluding tert-OH is 2. The Labute approximate surface area is 255 Å². The topological polar surface area (TPSA) is 119 Å². The van der Waals surface area contributed by atoms with E-state index in [2.05, 4.69) is 18.8 Å². The second-order valence-corrected chi connectivity index (χ2v) is 13.4. The molecular formula is C36H36FNO6. The van der Waals surface area contributed by atoms with Crippen LogP contribution in [0.3, 0.4) is 0 Å². The molecule has 44 heavy (non-hydrogen) atoms. The van der Waals surface area contributed by atoms with Gasteiger partial charge in [0, 0.05) is 33.6 Å². The molecule has 0 bridgehead atoms. The number of halogens is 1. The molecule has 2 aromatic rings. The van der Waals surface area contributed by atoms with E-state index in [4.69, 9.17) is 15.2 Å². The average Bonchev–Trinajstić information content (AvgIpc) is 3.49. The minimum absolute atomic E-state index is 0.0331. The van der Waals surface area contributed by atoms with Crippen molar-refractivity contribution in [3.63, 3.8) is 0 Å². The van der Waals surface area contributed by atoms with Crippen LogP contribution in [0.25, 0.3) is 0 Å². The lowest BCUT2D eigenvalue weighted by Crippen LogP contribution is -2.63. The molecule has 1 aliphatic heterocycles. The number of nitrogens with two attached hydrogens (primary N) is 1. The Balaban J connectivity index is 1.23. The van der Waals surface area contributed by atoms with Crippen LogP contribution in [-0.2, 0) is 19.1 Å². The Morgan fingerprint density at radius 3 is 2.75 bits per heavy atom. The summed E-state index contributed by atoms with van der Waals surface area (Å²) in [5.74, 6) is 4.48. The van der Waals surface area contributed by atoms with Crippen molar-refractivity contribution < 1.29 is 33.7 Å². The number of hydrogen-bond acceptors (Lipinski definition) is 7. The van der Waals surface area contributed by atoms with E-state index in [9.17, 15) is 19.8 Å². The van der Waals surface area contributed by atoms with Crippen molar-refractivity contribution in [1.29, 1.82) is 0 Å². The van der Waals surface area contributed by atoms with Crippen LogP contribution in [0, 0.1) is 46.2 Å². The van der Waals surface area contributed by atoms with Crippen molar-refractivity contribution in [2.24, 2.45) is 28.6 Å². The van der Waals surface area contributed by atoms with Crippen LogP contribution in [0.5, 0.6) is 0 Å². The molecule has 5 aliphatic rings. The monoisotopic (exact) mass is 597 g/mol. The number of ketones is 2. The summed E-state index contributed by atoms with van der Waals surface area (Å²) in [7, 11) is 0. The fourth-order valence-electron chi connectivity index (χ4n) is 9.41.